The molecular weight excluding hydrogens is 257 g/mol. The molecule has 20 heavy (non-hydrogen) atoms. The maximum atomic E-state index is 13.8. The molecule has 5 heteroatoms. The predicted molar refractivity (Wildman–Crippen MR) is 78.6 cm³/mol. The van der Waals surface area contributed by atoms with Gasteiger partial charge in [0.1, 0.15) is 11.6 Å². The molecule has 1 saturated heterocycles. The zero-order valence-electron chi connectivity index (χ0n) is 12.5. The minimum absolute atomic E-state index is 0.217. The molecular formula is C15H24FN3O. The Morgan fingerprint density at radius 1 is 1.35 bits per heavy atom. The minimum Gasteiger partial charge on any atom is -0.497 e. The lowest BCUT2D eigenvalue weighted by molar-refractivity contribution is 0.113. The summed E-state index contributed by atoms with van der Waals surface area (Å²) in [5.74, 6) is 0.339. The Kier molecular flexibility index (Phi) is 5.34. The van der Waals surface area contributed by atoms with Crippen molar-refractivity contribution in [1.82, 2.24) is 15.1 Å². The van der Waals surface area contributed by atoms with Gasteiger partial charge < -0.3 is 15.0 Å². The number of hydrogen-bond donors (Lipinski definition) is 1. The van der Waals surface area contributed by atoms with Gasteiger partial charge in [0.2, 0.25) is 0 Å². The number of ether oxygens (including phenoxy) is 1. The van der Waals surface area contributed by atoms with Crippen LogP contribution in [0, 0.1) is 5.82 Å². The van der Waals surface area contributed by atoms with Crippen molar-refractivity contribution in [3.63, 3.8) is 0 Å². The van der Waals surface area contributed by atoms with Crippen molar-refractivity contribution in [2.24, 2.45) is 0 Å². The largest absolute Gasteiger partial charge is 0.497 e. The summed E-state index contributed by atoms with van der Waals surface area (Å²) in [7, 11) is 5.83. The lowest BCUT2D eigenvalue weighted by Gasteiger charge is -2.37. The topological polar surface area (TPSA) is 27.7 Å². The number of benzene rings is 1. The van der Waals surface area contributed by atoms with E-state index in [1.807, 2.05) is 0 Å². The van der Waals surface area contributed by atoms with Crippen LogP contribution in [0.5, 0.6) is 5.75 Å². The van der Waals surface area contributed by atoms with Crippen LogP contribution in [-0.4, -0.2) is 63.2 Å². The van der Waals surface area contributed by atoms with Crippen LogP contribution in [0.2, 0.25) is 0 Å². The molecule has 112 valence electrons. The highest BCUT2D eigenvalue weighted by Gasteiger charge is 2.21. The van der Waals surface area contributed by atoms with E-state index >= 15 is 0 Å². The van der Waals surface area contributed by atoms with Crippen molar-refractivity contribution >= 4 is 0 Å². The number of methoxy groups -OCH3 is 1. The second kappa shape index (κ2) is 7.02. The van der Waals surface area contributed by atoms with E-state index in [9.17, 15) is 4.39 Å². The van der Waals surface area contributed by atoms with Gasteiger partial charge in [-0.05, 0) is 20.2 Å². The van der Waals surface area contributed by atoms with Crippen molar-refractivity contribution in [2.75, 3.05) is 47.4 Å². The van der Waals surface area contributed by atoms with Gasteiger partial charge in [-0.3, -0.25) is 4.90 Å². The summed E-state index contributed by atoms with van der Waals surface area (Å²) in [6.45, 7) is 4.66. The fourth-order valence-corrected chi connectivity index (χ4v) is 2.49. The van der Waals surface area contributed by atoms with Gasteiger partial charge in [0.15, 0.2) is 0 Å². The van der Waals surface area contributed by atoms with Gasteiger partial charge in [-0.25, -0.2) is 4.39 Å². The molecule has 1 aromatic carbocycles. The maximum Gasteiger partial charge on any atom is 0.131 e. The summed E-state index contributed by atoms with van der Waals surface area (Å²) in [4.78, 5) is 4.69. The highest BCUT2D eigenvalue weighted by Crippen LogP contribution is 2.16. The van der Waals surface area contributed by atoms with Gasteiger partial charge in [0.25, 0.3) is 0 Å². The molecule has 2 rings (SSSR count). The Morgan fingerprint density at radius 3 is 2.85 bits per heavy atom. The normalized spacial score (nSPS) is 21.1. The fraction of sp³-hybridized carbons (Fsp3) is 0.600. The first-order valence-corrected chi connectivity index (χ1v) is 7.02. The van der Waals surface area contributed by atoms with Crippen LogP contribution < -0.4 is 10.1 Å². The molecule has 1 unspecified atom stereocenters. The molecule has 1 aliphatic heterocycles. The average molecular weight is 281 g/mol. The lowest BCUT2D eigenvalue weighted by atomic mass is 10.1. The van der Waals surface area contributed by atoms with Gasteiger partial charge in [0.05, 0.1) is 7.11 Å². The lowest BCUT2D eigenvalue weighted by Crippen LogP contribution is -2.53. The summed E-state index contributed by atoms with van der Waals surface area (Å²) >= 11 is 0. The van der Waals surface area contributed by atoms with Gasteiger partial charge in [-0.15, -0.1) is 0 Å². The van der Waals surface area contributed by atoms with Crippen molar-refractivity contribution in [1.29, 1.82) is 0 Å². The van der Waals surface area contributed by atoms with E-state index in [1.54, 1.807) is 19.2 Å². The number of halogens is 1. The van der Waals surface area contributed by atoms with Crippen LogP contribution in [0.25, 0.3) is 0 Å². The molecule has 0 aromatic heterocycles. The van der Waals surface area contributed by atoms with Crippen molar-refractivity contribution < 1.29 is 9.13 Å². The molecule has 4 nitrogen and oxygen atoms in total. The summed E-state index contributed by atoms with van der Waals surface area (Å²) in [6.07, 6.45) is 0. The van der Waals surface area contributed by atoms with E-state index in [0.29, 0.717) is 23.9 Å². The maximum absolute atomic E-state index is 13.8. The van der Waals surface area contributed by atoms with Crippen LogP contribution in [-0.2, 0) is 6.54 Å². The first-order valence-electron chi connectivity index (χ1n) is 7.02. The van der Waals surface area contributed by atoms with Crippen molar-refractivity contribution in [2.45, 2.75) is 12.6 Å². The molecule has 0 radical (unpaired) electrons. The number of piperazine rings is 1. The van der Waals surface area contributed by atoms with Crippen molar-refractivity contribution in [3.8, 4) is 5.75 Å². The molecule has 0 spiro atoms. The third-order valence-corrected chi connectivity index (χ3v) is 3.94. The zero-order chi connectivity index (χ0) is 14.5. The molecule has 1 heterocycles. The summed E-state index contributed by atoms with van der Waals surface area (Å²) in [5.41, 5.74) is 0.678. The molecule has 1 aliphatic rings. The number of likely N-dealkylation sites (N-methyl/N-ethyl adjacent to an activating group) is 2. The Bertz CT molecular complexity index is 441. The minimum atomic E-state index is -0.217. The predicted octanol–water partition coefficient (Wildman–Crippen LogP) is 1.17. The number of hydrogen-bond acceptors (Lipinski definition) is 4. The standard InChI is InChI=1S/C15H24FN3O/c1-18-6-7-19(2)13(11-18)10-17-9-12-4-5-14(20-3)8-15(12)16/h4-5,8,13,17H,6-7,9-11H2,1-3H3. The average Bonchev–Trinajstić information content (AvgIpc) is 2.44. The van der Waals surface area contributed by atoms with Gasteiger partial charge in [-0.1, -0.05) is 6.07 Å². The molecule has 0 aliphatic carbocycles. The monoisotopic (exact) mass is 281 g/mol. The first-order chi connectivity index (χ1) is 9.60. The zero-order valence-corrected chi connectivity index (χ0v) is 12.5. The summed E-state index contributed by atoms with van der Waals surface area (Å²) in [6, 6.07) is 5.48. The highest BCUT2D eigenvalue weighted by molar-refractivity contribution is 5.28. The molecule has 0 bridgehead atoms. The van der Waals surface area contributed by atoms with E-state index < -0.39 is 0 Å². The fourth-order valence-electron chi connectivity index (χ4n) is 2.49. The Morgan fingerprint density at radius 2 is 2.15 bits per heavy atom. The number of rotatable bonds is 5. The van der Waals surface area contributed by atoms with Crippen LogP contribution >= 0.6 is 0 Å². The van der Waals surface area contributed by atoms with E-state index in [4.69, 9.17) is 4.74 Å². The van der Waals surface area contributed by atoms with E-state index in [-0.39, 0.29) is 5.82 Å². The van der Waals surface area contributed by atoms with Gasteiger partial charge in [0, 0.05) is 50.4 Å². The van der Waals surface area contributed by atoms with Gasteiger partial charge >= 0.3 is 0 Å². The van der Waals surface area contributed by atoms with E-state index in [0.717, 1.165) is 26.2 Å². The second-order valence-electron chi connectivity index (χ2n) is 5.48. The van der Waals surface area contributed by atoms with Crippen LogP contribution in [0.1, 0.15) is 5.56 Å². The van der Waals surface area contributed by atoms with Crippen LogP contribution in [0.15, 0.2) is 18.2 Å². The molecule has 1 N–H and O–H groups in total. The Labute approximate surface area is 120 Å². The molecule has 0 amide bonds. The summed E-state index contributed by atoms with van der Waals surface area (Å²) < 4.78 is 18.8. The third-order valence-electron chi connectivity index (χ3n) is 3.94. The number of nitrogens with one attached hydrogen (secondary N) is 1. The van der Waals surface area contributed by atoms with Gasteiger partial charge in [-0.2, -0.15) is 0 Å². The molecule has 0 saturated carbocycles. The Hall–Kier alpha value is -1.17. The van der Waals surface area contributed by atoms with Crippen LogP contribution in [0.4, 0.5) is 4.39 Å². The van der Waals surface area contributed by atoms with Crippen molar-refractivity contribution in [3.05, 3.63) is 29.6 Å². The van der Waals surface area contributed by atoms with Crippen LogP contribution in [0.3, 0.4) is 0 Å². The highest BCUT2D eigenvalue weighted by atomic mass is 19.1. The summed E-state index contributed by atoms with van der Waals surface area (Å²) in [5, 5.41) is 3.35. The molecule has 1 fully saturated rings. The number of nitrogens with zero attached hydrogens (tertiary/aromatic N) is 2. The SMILES string of the molecule is COc1ccc(CNCC2CN(C)CCN2C)c(F)c1. The molecule has 1 aromatic rings. The molecule has 1 atom stereocenters. The second-order valence-corrected chi connectivity index (χ2v) is 5.48. The first kappa shape index (κ1) is 15.2. The van der Waals surface area contributed by atoms with E-state index in [2.05, 4.69) is 29.2 Å². The quantitative estimate of drug-likeness (QED) is 0.877. The Balaban J connectivity index is 1.83. The smallest absolute Gasteiger partial charge is 0.131 e. The van der Waals surface area contributed by atoms with E-state index in [1.165, 1.54) is 6.07 Å². The third kappa shape index (κ3) is 3.91.